The summed E-state index contributed by atoms with van der Waals surface area (Å²) in [6.07, 6.45) is 0. The van der Waals surface area contributed by atoms with Crippen molar-refractivity contribution in [2.75, 3.05) is 10.2 Å². The summed E-state index contributed by atoms with van der Waals surface area (Å²) in [6, 6.07) is 12.0. The first-order chi connectivity index (χ1) is 11.4. The quantitative estimate of drug-likeness (QED) is 0.781. The molecule has 1 aliphatic heterocycles. The maximum atomic E-state index is 12.7. The summed E-state index contributed by atoms with van der Waals surface area (Å²) < 4.78 is 0. The fraction of sp³-hybridized carbons (Fsp3) is 0.0588. The number of rotatable bonds is 3. The molecule has 2 aromatic carbocycles. The number of nitrogens with zero attached hydrogens (tertiary/aromatic N) is 1. The highest BCUT2D eigenvalue weighted by Gasteiger charge is 2.39. The molecule has 1 aliphatic rings. The lowest BCUT2D eigenvalue weighted by Crippen LogP contribution is -2.32. The van der Waals surface area contributed by atoms with Gasteiger partial charge in [-0.2, -0.15) is 0 Å². The number of carbonyl (C=O) groups is 2. The number of halogens is 3. The maximum Gasteiger partial charge on any atom is 0.283 e. The summed E-state index contributed by atoms with van der Waals surface area (Å²) >= 11 is 18.1. The van der Waals surface area contributed by atoms with Crippen LogP contribution in [0.5, 0.6) is 0 Å². The molecule has 0 fully saturated rings. The van der Waals surface area contributed by atoms with Gasteiger partial charge in [0.25, 0.3) is 11.8 Å². The first-order valence-electron chi connectivity index (χ1n) is 6.96. The summed E-state index contributed by atoms with van der Waals surface area (Å²) in [5.41, 5.74) is 1.73. The average Bonchev–Trinajstić information content (AvgIpc) is 2.75. The third-order valence-corrected chi connectivity index (χ3v) is 4.67. The topological polar surface area (TPSA) is 49.4 Å². The van der Waals surface area contributed by atoms with Gasteiger partial charge in [0.15, 0.2) is 0 Å². The number of hydrogen-bond donors (Lipinski definition) is 1. The molecule has 1 N–H and O–H groups in total. The van der Waals surface area contributed by atoms with Gasteiger partial charge in [-0.1, -0.05) is 53.0 Å². The van der Waals surface area contributed by atoms with E-state index >= 15 is 0 Å². The van der Waals surface area contributed by atoms with Crippen molar-refractivity contribution in [2.24, 2.45) is 0 Å². The van der Waals surface area contributed by atoms with Crippen LogP contribution in [-0.2, 0) is 9.59 Å². The number of amides is 2. The van der Waals surface area contributed by atoms with Crippen LogP contribution in [0.2, 0.25) is 10.0 Å². The third-order valence-electron chi connectivity index (χ3n) is 3.50. The fourth-order valence-electron chi connectivity index (χ4n) is 2.35. The van der Waals surface area contributed by atoms with Gasteiger partial charge in [0.05, 0.1) is 21.4 Å². The Morgan fingerprint density at radius 2 is 1.67 bits per heavy atom. The predicted octanol–water partition coefficient (Wildman–Crippen LogP) is 4.74. The second kappa shape index (κ2) is 6.48. The van der Waals surface area contributed by atoms with Crippen LogP contribution >= 0.6 is 34.8 Å². The van der Waals surface area contributed by atoms with Crippen LogP contribution in [0.1, 0.15) is 5.56 Å². The number of anilines is 2. The highest BCUT2D eigenvalue weighted by Crippen LogP contribution is 2.34. The number of carbonyl (C=O) groups excluding carboxylic acids is 2. The van der Waals surface area contributed by atoms with Gasteiger partial charge in [0, 0.05) is 0 Å². The molecule has 2 aromatic rings. The van der Waals surface area contributed by atoms with Crippen molar-refractivity contribution in [2.45, 2.75) is 6.92 Å². The minimum Gasteiger partial charge on any atom is -0.348 e. The Bertz CT molecular complexity index is 893. The molecule has 24 heavy (non-hydrogen) atoms. The number of nitrogens with one attached hydrogen (secondary N) is 1. The average molecular weight is 382 g/mol. The zero-order valence-corrected chi connectivity index (χ0v) is 14.7. The van der Waals surface area contributed by atoms with Gasteiger partial charge in [0.1, 0.15) is 10.7 Å². The molecule has 3 rings (SSSR count). The molecule has 0 unspecified atom stereocenters. The molecule has 0 saturated heterocycles. The molecular weight excluding hydrogens is 371 g/mol. The molecule has 2 amide bonds. The summed E-state index contributed by atoms with van der Waals surface area (Å²) in [7, 11) is 0. The van der Waals surface area contributed by atoms with Gasteiger partial charge in [-0.05, 0) is 36.8 Å². The van der Waals surface area contributed by atoms with E-state index in [1.54, 1.807) is 36.4 Å². The summed E-state index contributed by atoms with van der Waals surface area (Å²) in [5.74, 6) is -1.14. The van der Waals surface area contributed by atoms with Crippen LogP contribution in [-0.4, -0.2) is 11.8 Å². The van der Waals surface area contributed by atoms with E-state index < -0.39 is 11.8 Å². The molecule has 0 radical (unpaired) electrons. The molecule has 122 valence electrons. The van der Waals surface area contributed by atoms with Crippen molar-refractivity contribution in [1.29, 1.82) is 0 Å². The maximum absolute atomic E-state index is 12.7. The Morgan fingerprint density at radius 1 is 0.958 bits per heavy atom. The van der Waals surface area contributed by atoms with Gasteiger partial charge < -0.3 is 5.32 Å². The first-order valence-corrected chi connectivity index (χ1v) is 8.10. The van der Waals surface area contributed by atoms with E-state index in [9.17, 15) is 9.59 Å². The molecule has 0 saturated carbocycles. The van der Waals surface area contributed by atoms with Crippen molar-refractivity contribution in [3.05, 3.63) is 68.8 Å². The lowest BCUT2D eigenvalue weighted by atomic mass is 10.2. The van der Waals surface area contributed by atoms with Gasteiger partial charge >= 0.3 is 0 Å². The minimum atomic E-state index is -0.590. The van der Waals surface area contributed by atoms with Crippen LogP contribution in [0.3, 0.4) is 0 Å². The van der Waals surface area contributed by atoms with Crippen molar-refractivity contribution in [1.82, 2.24) is 0 Å². The monoisotopic (exact) mass is 380 g/mol. The van der Waals surface area contributed by atoms with E-state index in [0.717, 1.165) is 10.5 Å². The Kier molecular flexibility index (Phi) is 4.54. The zero-order chi connectivity index (χ0) is 17.4. The SMILES string of the molecule is Cc1cccc(N2C(=O)C(Cl)=C(Nc3cccc(Cl)c3Cl)C2=O)c1. The van der Waals surface area contributed by atoms with Gasteiger partial charge in [0.2, 0.25) is 0 Å². The lowest BCUT2D eigenvalue weighted by molar-refractivity contribution is -0.120. The fourth-order valence-corrected chi connectivity index (χ4v) is 2.91. The zero-order valence-electron chi connectivity index (χ0n) is 12.4. The molecule has 0 atom stereocenters. The normalized spacial score (nSPS) is 14.6. The van der Waals surface area contributed by atoms with Crippen molar-refractivity contribution in [3.8, 4) is 0 Å². The highest BCUT2D eigenvalue weighted by molar-refractivity contribution is 6.53. The largest absolute Gasteiger partial charge is 0.348 e. The number of aryl methyl sites for hydroxylation is 1. The molecule has 0 bridgehead atoms. The summed E-state index contributed by atoms with van der Waals surface area (Å²) in [5, 5.41) is 3.18. The smallest absolute Gasteiger partial charge is 0.283 e. The number of hydrogen-bond acceptors (Lipinski definition) is 3. The molecule has 1 heterocycles. The molecule has 0 spiro atoms. The van der Waals surface area contributed by atoms with E-state index in [2.05, 4.69) is 5.32 Å². The highest BCUT2D eigenvalue weighted by atomic mass is 35.5. The Labute approximate surface area is 153 Å². The van der Waals surface area contributed by atoms with Crippen molar-refractivity contribution in [3.63, 3.8) is 0 Å². The second-order valence-electron chi connectivity index (χ2n) is 5.20. The molecule has 0 aliphatic carbocycles. The van der Waals surface area contributed by atoms with Crippen molar-refractivity contribution < 1.29 is 9.59 Å². The minimum absolute atomic E-state index is 0.0349. The number of imide groups is 1. The molecule has 7 heteroatoms. The molecule has 0 aromatic heterocycles. The van der Waals surface area contributed by atoms with Gasteiger partial charge in [-0.3, -0.25) is 9.59 Å². The molecule has 4 nitrogen and oxygen atoms in total. The van der Waals surface area contributed by atoms with Crippen LogP contribution in [0, 0.1) is 6.92 Å². The Morgan fingerprint density at radius 3 is 2.38 bits per heavy atom. The van der Waals surface area contributed by atoms with Gasteiger partial charge in [-0.15, -0.1) is 0 Å². The van der Waals surface area contributed by atoms with Crippen LogP contribution in [0.4, 0.5) is 11.4 Å². The van der Waals surface area contributed by atoms with Crippen LogP contribution < -0.4 is 10.2 Å². The molecular formula is C17H11Cl3N2O2. The van der Waals surface area contributed by atoms with E-state index in [0.29, 0.717) is 16.4 Å². The summed E-state index contributed by atoms with van der Waals surface area (Å²) in [4.78, 5) is 26.1. The summed E-state index contributed by atoms with van der Waals surface area (Å²) in [6.45, 7) is 1.87. The van der Waals surface area contributed by atoms with E-state index in [-0.39, 0.29) is 15.8 Å². The second-order valence-corrected chi connectivity index (χ2v) is 6.36. The van der Waals surface area contributed by atoms with E-state index in [1.165, 1.54) is 0 Å². The lowest BCUT2D eigenvalue weighted by Gasteiger charge is -2.16. The first kappa shape index (κ1) is 16.8. The standard InChI is InChI=1S/C17H11Cl3N2O2/c1-9-4-2-5-10(8-9)22-16(23)14(20)15(17(22)24)21-12-7-3-6-11(18)13(12)19/h2-8,21H,1H3. The number of benzene rings is 2. The van der Waals surface area contributed by atoms with E-state index in [1.807, 2.05) is 13.0 Å². The van der Waals surface area contributed by atoms with Crippen molar-refractivity contribution >= 4 is 58.0 Å². The van der Waals surface area contributed by atoms with Crippen LogP contribution in [0.25, 0.3) is 0 Å². The predicted molar refractivity (Wildman–Crippen MR) is 96.6 cm³/mol. The Balaban J connectivity index is 1.96. The van der Waals surface area contributed by atoms with Crippen LogP contribution in [0.15, 0.2) is 53.2 Å². The van der Waals surface area contributed by atoms with E-state index in [4.69, 9.17) is 34.8 Å². The Hall–Kier alpha value is -2.01. The third kappa shape index (κ3) is 2.88. The van der Waals surface area contributed by atoms with Gasteiger partial charge in [-0.25, -0.2) is 4.90 Å².